The van der Waals surface area contributed by atoms with Gasteiger partial charge in [0.15, 0.2) is 5.11 Å². The molecule has 1 amide bonds. The van der Waals surface area contributed by atoms with Crippen molar-refractivity contribution in [1.82, 2.24) is 4.90 Å². The lowest BCUT2D eigenvalue weighted by atomic mass is 10.0. The van der Waals surface area contributed by atoms with Gasteiger partial charge < -0.3 is 19.1 Å². The van der Waals surface area contributed by atoms with Crippen molar-refractivity contribution in [3.63, 3.8) is 0 Å². The molecular weight excluding hydrogens is 452 g/mol. The van der Waals surface area contributed by atoms with Crippen LogP contribution in [0.2, 0.25) is 0 Å². The molecular formula is C26H24N2O5S. The smallest absolute Gasteiger partial charge is 0.325 e. The van der Waals surface area contributed by atoms with Gasteiger partial charge in [0.1, 0.15) is 23.7 Å². The maximum Gasteiger partial charge on any atom is 0.325 e. The molecule has 3 aromatic carbocycles. The molecule has 0 spiro atoms. The van der Waals surface area contributed by atoms with Crippen LogP contribution in [-0.2, 0) is 14.3 Å². The Bertz CT molecular complexity index is 1290. The number of carbonyl (C=O) groups excluding carboxylic acids is 2. The standard InChI is InChI=1S/C26H24N2O5S/c1-4-33-23-14-9-17-7-5-6-8-20(17)21(23)15-22-25(30)28(18-10-12-19(31-2)13-11-18)26(34)27(22)16-24(29)32-3/h5-15H,4,16H2,1-3H3/b22-15-. The molecule has 7 nitrogen and oxygen atoms in total. The maximum absolute atomic E-state index is 13.7. The minimum atomic E-state index is -0.513. The molecule has 3 aromatic rings. The highest BCUT2D eigenvalue weighted by molar-refractivity contribution is 7.80. The predicted molar refractivity (Wildman–Crippen MR) is 135 cm³/mol. The highest BCUT2D eigenvalue weighted by Crippen LogP contribution is 2.35. The third kappa shape index (κ3) is 4.32. The minimum absolute atomic E-state index is 0.185. The van der Waals surface area contributed by atoms with Crippen molar-refractivity contribution < 1.29 is 23.8 Å². The summed E-state index contributed by atoms with van der Waals surface area (Å²) in [4.78, 5) is 28.8. The van der Waals surface area contributed by atoms with Gasteiger partial charge in [0, 0.05) is 5.56 Å². The quantitative estimate of drug-likeness (QED) is 0.285. The molecule has 1 saturated heterocycles. The zero-order valence-corrected chi connectivity index (χ0v) is 19.9. The first kappa shape index (κ1) is 23.3. The van der Waals surface area contributed by atoms with Gasteiger partial charge in [-0.1, -0.05) is 30.3 Å². The topological polar surface area (TPSA) is 68.3 Å². The predicted octanol–water partition coefficient (Wildman–Crippen LogP) is 4.39. The molecule has 0 aromatic heterocycles. The van der Waals surface area contributed by atoms with Crippen LogP contribution in [0, 0.1) is 0 Å². The van der Waals surface area contributed by atoms with E-state index in [0.717, 1.165) is 16.3 Å². The molecule has 0 unspecified atom stereocenters. The number of rotatable bonds is 7. The molecule has 0 radical (unpaired) electrons. The molecule has 0 aliphatic carbocycles. The molecule has 8 heteroatoms. The summed E-state index contributed by atoms with van der Waals surface area (Å²) >= 11 is 5.64. The fourth-order valence-electron chi connectivity index (χ4n) is 3.83. The SMILES string of the molecule is CCOc1ccc2ccccc2c1/C=C1/C(=O)N(c2ccc(OC)cc2)C(=S)N1CC(=O)OC. The van der Waals surface area contributed by atoms with Crippen LogP contribution in [0.4, 0.5) is 5.69 Å². The molecule has 1 heterocycles. The van der Waals surface area contributed by atoms with Crippen LogP contribution in [-0.4, -0.2) is 49.3 Å². The van der Waals surface area contributed by atoms with Gasteiger partial charge in [-0.05, 0) is 66.3 Å². The Labute approximate surface area is 203 Å². The Balaban J connectivity index is 1.87. The van der Waals surface area contributed by atoms with E-state index >= 15 is 0 Å². The number of benzene rings is 3. The van der Waals surface area contributed by atoms with Gasteiger partial charge >= 0.3 is 5.97 Å². The number of carbonyl (C=O) groups is 2. The fraction of sp³-hybridized carbons (Fsp3) is 0.192. The number of ether oxygens (including phenoxy) is 3. The van der Waals surface area contributed by atoms with E-state index in [0.29, 0.717) is 23.8 Å². The number of esters is 1. The minimum Gasteiger partial charge on any atom is -0.497 e. The van der Waals surface area contributed by atoms with Crippen molar-refractivity contribution in [2.75, 3.05) is 32.3 Å². The van der Waals surface area contributed by atoms with Gasteiger partial charge in [-0.15, -0.1) is 0 Å². The molecule has 4 rings (SSSR count). The molecule has 34 heavy (non-hydrogen) atoms. The lowest BCUT2D eigenvalue weighted by Crippen LogP contribution is -2.35. The number of nitrogens with zero attached hydrogens (tertiary/aromatic N) is 2. The van der Waals surface area contributed by atoms with Gasteiger partial charge in [0.05, 0.1) is 26.5 Å². The van der Waals surface area contributed by atoms with E-state index in [2.05, 4.69) is 0 Å². The van der Waals surface area contributed by atoms with Crippen LogP contribution in [0.1, 0.15) is 12.5 Å². The summed E-state index contributed by atoms with van der Waals surface area (Å²) in [5.74, 6) is 0.420. The van der Waals surface area contributed by atoms with Crippen molar-refractivity contribution in [2.45, 2.75) is 6.92 Å². The second-order valence-corrected chi connectivity index (χ2v) is 7.81. The Morgan fingerprint density at radius 2 is 1.76 bits per heavy atom. The second-order valence-electron chi connectivity index (χ2n) is 7.44. The molecule has 0 bridgehead atoms. The first-order valence-corrected chi connectivity index (χ1v) is 11.1. The highest BCUT2D eigenvalue weighted by atomic mass is 32.1. The summed E-state index contributed by atoms with van der Waals surface area (Å²) in [5.41, 5.74) is 1.55. The number of thiocarbonyl (C=S) groups is 1. The first-order chi connectivity index (χ1) is 16.5. The zero-order chi connectivity index (χ0) is 24.2. The lowest BCUT2D eigenvalue weighted by Gasteiger charge is -2.19. The maximum atomic E-state index is 13.7. The molecule has 174 valence electrons. The number of fused-ring (bicyclic) bond motifs is 1. The normalized spacial score (nSPS) is 14.7. The van der Waals surface area contributed by atoms with E-state index in [1.165, 1.54) is 16.9 Å². The van der Waals surface area contributed by atoms with Crippen molar-refractivity contribution in [3.05, 3.63) is 71.9 Å². The van der Waals surface area contributed by atoms with Crippen LogP contribution in [0.15, 0.2) is 66.4 Å². The van der Waals surface area contributed by atoms with Gasteiger partial charge in [-0.3, -0.25) is 14.5 Å². The van der Waals surface area contributed by atoms with Gasteiger partial charge in [0.25, 0.3) is 5.91 Å². The Kier molecular flexibility index (Phi) is 6.79. The van der Waals surface area contributed by atoms with Crippen molar-refractivity contribution in [3.8, 4) is 11.5 Å². The van der Waals surface area contributed by atoms with Crippen LogP contribution >= 0.6 is 12.2 Å². The molecule has 0 saturated carbocycles. The van der Waals surface area contributed by atoms with Gasteiger partial charge in [0.2, 0.25) is 0 Å². The summed E-state index contributed by atoms with van der Waals surface area (Å²) in [7, 11) is 2.87. The van der Waals surface area contributed by atoms with Gasteiger partial charge in [-0.25, -0.2) is 0 Å². The summed E-state index contributed by atoms with van der Waals surface area (Å²) < 4.78 is 15.9. The van der Waals surface area contributed by atoms with E-state index in [4.69, 9.17) is 26.4 Å². The second kappa shape index (κ2) is 9.93. The average molecular weight is 477 g/mol. The van der Waals surface area contributed by atoms with Crippen molar-refractivity contribution in [1.29, 1.82) is 0 Å². The molecule has 1 aliphatic rings. The van der Waals surface area contributed by atoms with Crippen LogP contribution in [0.5, 0.6) is 11.5 Å². The van der Waals surface area contributed by atoms with Crippen molar-refractivity contribution in [2.24, 2.45) is 0 Å². The monoisotopic (exact) mass is 476 g/mol. The molecule has 1 aliphatic heterocycles. The van der Waals surface area contributed by atoms with E-state index in [1.54, 1.807) is 37.5 Å². The summed E-state index contributed by atoms with van der Waals surface area (Å²) in [6.45, 7) is 2.16. The van der Waals surface area contributed by atoms with E-state index in [9.17, 15) is 9.59 Å². The summed E-state index contributed by atoms with van der Waals surface area (Å²) in [5, 5.41) is 2.10. The number of hydrogen-bond acceptors (Lipinski definition) is 6. The Morgan fingerprint density at radius 3 is 2.44 bits per heavy atom. The van der Waals surface area contributed by atoms with Crippen LogP contribution in [0.25, 0.3) is 16.8 Å². The third-order valence-corrected chi connectivity index (χ3v) is 5.90. The van der Waals surface area contributed by atoms with E-state index in [1.807, 2.05) is 43.3 Å². The van der Waals surface area contributed by atoms with E-state index < -0.39 is 5.97 Å². The largest absolute Gasteiger partial charge is 0.497 e. The first-order valence-electron chi connectivity index (χ1n) is 10.7. The van der Waals surface area contributed by atoms with Gasteiger partial charge in [-0.2, -0.15) is 0 Å². The van der Waals surface area contributed by atoms with E-state index in [-0.39, 0.29) is 23.3 Å². The number of amides is 1. The number of methoxy groups -OCH3 is 2. The highest BCUT2D eigenvalue weighted by Gasteiger charge is 2.40. The molecule has 0 N–H and O–H groups in total. The Hall–Kier alpha value is -3.91. The average Bonchev–Trinajstić information content (AvgIpc) is 3.09. The number of hydrogen-bond donors (Lipinski definition) is 0. The number of anilines is 1. The summed E-state index contributed by atoms with van der Waals surface area (Å²) in [6.07, 6.45) is 1.73. The third-order valence-electron chi connectivity index (χ3n) is 5.49. The Morgan fingerprint density at radius 1 is 1.03 bits per heavy atom. The zero-order valence-electron chi connectivity index (χ0n) is 19.1. The van der Waals surface area contributed by atoms with Crippen LogP contribution in [0.3, 0.4) is 0 Å². The molecule has 1 fully saturated rings. The molecule has 0 atom stereocenters. The summed E-state index contributed by atoms with van der Waals surface area (Å²) in [6, 6.07) is 18.7. The fourth-order valence-corrected chi connectivity index (χ4v) is 4.18. The lowest BCUT2D eigenvalue weighted by molar-refractivity contribution is -0.140. The van der Waals surface area contributed by atoms with Crippen LogP contribution < -0.4 is 14.4 Å². The van der Waals surface area contributed by atoms with Crippen molar-refractivity contribution >= 4 is 51.7 Å².